The van der Waals surface area contributed by atoms with Crippen molar-refractivity contribution in [3.05, 3.63) is 48.0 Å². The summed E-state index contributed by atoms with van der Waals surface area (Å²) in [5, 5.41) is 1.04. The maximum absolute atomic E-state index is 5.25. The van der Waals surface area contributed by atoms with Gasteiger partial charge in [-0.2, -0.15) is 0 Å². The van der Waals surface area contributed by atoms with Gasteiger partial charge in [0.2, 0.25) is 0 Å². The maximum atomic E-state index is 5.25. The van der Waals surface area contributed by atoms with Crippen LogP contribution in [0.25, 0.3) is 20.8 Å². The molecule has 0 bridgehead atoms. The van der Waals surface area contributed by atoms with Crippen LogP contribution < -0.4 is 4.74 Å². The van der Waals surface area contributed by atoms with Crippen molar-refractivity contribution in [2.75, 3.05) is 7.11 Å². The topological polar surface area (TPSA) is 22.1 Å². The molecule has 18 heavy (non-hydrogen) atoms. The number of nitrogens with zero attached hydrogens (tertiary/aromatic N) is 1. The number of hydrogen-bond donors (Lipinski definition) is 0. The zero-order valence-corrected chi connectivity index (χ0v) is 11.1. The summed E-state index contributed by atoms with van der Waals surface area (Å²) in [4.78, 5) is 4.66. The average molecular weight is 255 g/mol. The summed E-state index contributed by atoms with van der Waals surface area (Å²) in [5.74, 6) is 0.864. The van der Waals surface area contributed by atoms with Gasteiger partial charge in [0.1, 0.15) is 10.8 Å². The number of methoxy groups -OCH3 is 1. The number of fused-ring (bicyclic) bond motifs is 1. The van der Waals surface area contributed by atoms with Gasteiger partial charge < -0.3 is 4.74 Å². The van der Waals surface area contributed by atoms with Crippen LogP contribution in [-0.4, -0.2) is 12.1 Å². The molecule has 0 saturated carbocycles. The summed E-state index contributed by atoms with van der Waals surface area (Å²) in [6.45, 7) is 2.10. The highest BCUT2D eigenvalue weighted by Gasteiger charge is 2.07. The van der Waals surface area contributed by atoms with Gasteiger partial charge in [-0.05, 0) is 36.8 Å². The van der Waals surface area contributed by atoms with Gasteiger partial charge in [0.25, 0.3) is 0 Å². The summed E-state index contributed by atoms with van der Waals surface area (Å²) in [6, 6.07) is 14.4. The Morgan fingerprint density at radius 1 is 1.11 bits per heavy atom. The number of thiazole rings is 1. The second-order valence-corrected chi connectivity index (χ2v) is 5.25. The average Bonchev–Trinajstić information content (AvgIpc) is 2.81. The molecule has 0 spiro atoms. The Morgan fingerprint density at radius 2 is 2.00 bits per heavy atom. The minimum atomic E-state index is 0.864. The molecule has 0 aliphatic heterocycles. The molecule has 0 saturated heterocycles. The zero-order chi connectivity index (χ0) is 12.5. The third-order valence-corrected chi connectivity index (χ3v) is 3.93. The molecule has 3 rings (SSSR count). The van der Waals surface area contributed by atoms with E-state index >= 15 is 0 Å². The molecule has 3 aromatic rings. The second kappa shape index (κ2) is 4.42. The minimum absolute atomic E-state index is 0.864. The highest BCUT2D eigenvalue weighted by atomic mass is 32.1. The molecule has 0 atom stereocenters. The van der Waals surface area contributed by atoms with Gasteiger partial charge in [-0.15, -0.1) is 11.3 Å². The molecule has 0 aliphatic rings. The van der Waals surface area contributed by atoms with E-state index in [-0.39, 0.29) is 0 Å². The Bertz CT molecular complexity index is 703. The van der Waals surface area contributed by atoms with Crippen molar-refractivity contribution < 1.29 is 4.74 Å². The summed E-state index contributed by atoms with van der Waals surface area (Å²) in [7, 11) is 1.68. The van der Waals surface area contributed by atoms with Crippen molar-refractivity contribution in [3.8, 4) is 16.3 Å². The number of hydrogen-bond acceptors (Lipinski definition) is 3. The van der Waals surface area contributed by atoms with Gasteiger partial charge in [-0.3, -0.25) is 0 Å². The predicted molar refractivity (Wildman–Crippen MR) is 76.3 cm³/mol. The standard InChI is InChI=1S/C15H13NOS/c1-10-6-7-13-14(8-10)18-15(16-13)11-4-3-5-12(9-11)17-2/h3-9H,1-2H3. The van der Waals surface area contributed by atoms with Crippen LogP contribution in [0.3, 0.4) is 0 Å². The van der Waals surface area contributed by atoms with E-state index in [4.69, 9.17) is 4.74 Å². The van der Waals surface area contributed by atoms with E-state index in [2.05, 4.69) is 36.2 Å². The van der Waals surface area contributed by atoms with Gasteiger partial charge in [0, 0.05) is 5.56 Å². The van der Waals surface area contributed by atoms with E-state index in [1.165, 1.54) is 10.3 Å². The maximum Gasteiger partial charge on any atom is 0.124 e. The van der Waals surface area contributed by atoms with Crippen LogP contribution in [0.15, 0.2) is 42.5 Å². The molecule has 1 aromatic heterocycles. The number of rotatable bonds is 2. The SMILES string of the molecule is COc1cccc(-c2nc3ccc(C)cc3s2)c1. The molecule has 3 heteroatoms. The highest BCUT2D eigenvalue weighted by Crippen LogP contribution is 2.32. The zero-order valence-electron chi connectivity index (χ0n) is 10.3. The van der Waals surface area contributed by atoms with Crippen LogP contribution in [0.1, 0.15) is 5.56 Å². The van der Waals surface area contributed by atoms with Crippen molar-refractivity contribution in [3.63, 3.8) is 0 Å². The number of aryl methyl sites for hydroxylation is 1. The predicted octanol–water partition coefficient (Wildman–Crippen LogP) is 4.28. The first-order valence-electron chi connectivity index (χ1n) is 5.78. The summed E-state index contributed by atoms with van der Waals surface area (Å²) < 4.78 is 6.48. The molecular weight excluding hydrogens is 242 g/mol. The van der Waals surface area contributed by atoms with Crippen molar-refractivity contribution in [1.82, 2.24) is 4.98 Å². The number of benzene rings is 2. The normalized spacial score (nSPS) is 10.8. The van der Waals surface area contributed by atoms with Crippen LogP contribution in [-0.2, 0) is 0 Å². The van der Waals surface area contributed by atoms with Crippen LogP contribution in [0.5, 0.6) is 5.75 Å². The summed E-state index contributed by atoms with van der Waals surface area (Å²) >= 11 is 1.72. The molecule has 0 N–H and O–H groups in total. The van der Waals surface area contributed by atoms with Crippen LogP contribution >= 0.6 is 11.3 Å². The van der Waals surface area contributed by atoms with E-state index < -0.39 is 0 Å². The second-order valence-electron chi connectivity index (χ2n) is 4.22. The van der Waals surface area contributed by atoms with Gasteiger partial charge in [0.15, 0.2) is 0 Å². The molecule has 2 aromatic carbocycles. The molecule has 0 unspecified atom stereocenters. The quantitative estimate of drug-likeness (QED) is 0.682. The first kappa shape index (κ1) is 11.2. The third kappa shape index (κ3) is 1.97. The fourth-order valence-corrected chi connectivity index (χ4v) is 2.97. The van der Waals surface area contributed by atoms with Crippen molar-refractivity contribution in [1.29, 1.82) is 0 Å². The molecule has 1 heterocycles. The monoisotopic (exact) mass is 255 g/mol. The Hall–Kier alpha value is -1.87. The first-order valence-corrected chi connectivity index (χ1v) is 6.59. The fraction of sp³-hybridized carbons (Fsp3) is 0.133. The summed E-state index contributed by atoms with van der Waals surface area (Å²) in [5.41, 5.74) is 3.43. The summed E-state index contributed by atoms with van der Waals surface area (Å²) in [6.07, 6.45) is 0. The molecule has 0 aliphatic carbocycles. The fourth-order valence-electron chi connectivity index (χ4n) is 1.91. The highest BCUT2D eigenvalue weighted by molar-refractivity contribution is 7.21. The Balaban J connectivity index is 2.13. The van der Waals surface area contributed by atoms with Crippen LogP contribution in [0, 0.1) is 6.92 Å². The molecular formula is C15H13NOS. The molecule has 0 radical (unpaired) electrons. The van der Waals surface area contributed by atoms with E-state index in [9.17, 15) is 0 Å². The Kier molecular flexibility index (Phi) is 2.76. The van der Waals surface area contributed by atoms with E-state index in [0.29, 0.717) is 0 Å². The largest absolute Gasteiger partial charge is 0.497 e. The van der Waals surface area contributed by atoms with Crippen molar-refractivity contribution in [2.45, 2.75) is 6.92 Å². The lowest BCUT2D eigenvalue weighted by Gasteiger charge is -2.00. The number of ether oxygens (including phenoxy) is 1. The molecule has 2 nitrogen and oxygen atoms in total. The Morgan fingerprint density at radius 3 is 2.83 bits per heavy atom. The lowest BCUT2D eigenvalue weighted by Crippen LogP contribution is -1.82. The van der Waals surface area contributed by atoms with Gasteiger partial charge in [0.05, 0.1) is 17.3 Å². The van der Waals surface area contributed by atoms with Crippen molar-refractivity contribution >= 4 is 21.6 Å². The molecule has 0 fully saturated rings. The van der Waals surface area contributed by atoms with Gasteiger partial charge >= 0.3 is 0 Å². The van der Waals surface area contributed by atoms with Gasteiger partial charge in [-0.1, -0.05) is 18.2 Å². The van der Waals surface area contributed by atoms with Crippen LogP contribution in [0.4, 0.5) is 0 Å². The van der Waals surface area contributed by atoms with E-state index in [1.54, 1.807) is 18.4 Å². The number of aromatic nitrogens is 1. The minimum Gasteiger partial charge on any atom is -0.497 e. The van der Waals surface area contributed by atoms with Crippen LogP contribution in [0.2, 0.25) is 0 Å². The smallest absolute Gasteiger partial charge is 0.124 e. The first-order chi connectivity index (χ1) is 8.76. The third-order valence-electron chi connectivity index (χ3n) is 2.86. The van der Waals surface area contributed by atoms with Crippen molar-refractivity contribution in [2.24, 2.45) is 0 Å². The lowest BCUT2D eigenvalue weighted by atomic mass is 10.2. The molecule has 0 amide bonds. The Labute approximate surface area is 110 Å². The van der Waals surface area contributed by atoms with E-state index in [0.717, 1.165) is 21.8 Å². The van der Waals surface area contributed by atoms with Gasteiger partial charge in [-0.25, -0.2) is 4.98 Å². The molecule has 90 valence electrons. The lowest BCUT2D eigenvalue weighted by molar-refractivity contribution is 0.415. The van der Waals surface area contributed by atoms with E-state index in [1.807, 2.05) is 18.2 Å².